The first-order valence-electron chi connectivity index (χ1n) is 15.4. The number of aromatic nitrogens is 4. The van der Waals surface area contributed by atoms with Crippen LogP contribution in [-0.2, 0) is 0 Å². The maximum Gasteiger partial charge on any atom is 0.164 e. The molecule has 2 heterocycles. The first-order valence-corrected chi connectivity index (χ1v) is 15.4. The largest absolute Gasteiger partial charge is 0.247 e. The Balaban J connectivity index is 1.29. The molecular formula is C42H26N4. The molecular weight excluding hydrogens is 560 g/mol. The van der Waals surface area contributed by atoms with Crippen molar-refractivity contribution in [2.75, 3.05) is 0 Å². The predicted octanol–water partition coefficient (Wildman–Crippen LogP) is 10.5. The lowest BCUT2D eigenvalue weighted by molar-refractivity contribution is 1.07. The minimum atomic E-state index is 0.621. The van der Waals surface area contributed by atoms with Gasteiger partial charge in [0.1, 0.15) is 0 Å². The number of hydrogen-bond acceptors (Lipinski definition) is 4. The highest BCUT2D eigenvalue weighted by Gasteiger charge is 2.16. The molecule has 0 amide bonds. The number of fused-ring (bicyclic) bond motifs is 6. The van der Waals surface area contributed by atoms with E-state index in [-0.39, 0.29) is 0 Å². The van der Waals surface area contributed by atoms with Crippen molar-refractivity contribution in [2.45, 2.75) is 0 Å². The summed E-state index contributed by atoms with van der Waals surface area (Å²) in [5.41, 5.74) is 5.71. The highest BCUT2D eigenvalue weighted by molar-refractivity contribution is 6.23. The molecule has 4 heteroatoms. The van der Waals surface area contributed by atoms with Gasteiger partial charge in [-0.1, -0.05) is 133 Å². The third-order valence-corrected chi connectivity index (χ3v) is 8.64. The van der Waals surface area contributed by atoms with Gasteiger partial charge in [0, 0.05) is 33.0 Å². The molecule has 9 rings (SSSR count). The molecule has 0 saturated heterocycles. The van der Waals surface area contributed by atoms with Crippen LogP contribution < -0.4 is 0 Å². The summed E-state index contributed by atoms with van der Waals surface area (Å²) in [5.74, 6) is 1.90. The molecule has 214 valence electrons. The molecule has 0 fully saturated rings. The van der Waals surface area contributed by atoms with E-state index in [1.165, 1.54) is 32.3 Å². The van der Waals surface area contributed by atoms with Gasteiger partial charge in [-0.15, -0.1) is 0 Å². The quantitative estimate of drug-likeness (QED) is 0.152. The maximum atomic E-state index is 5.34. The summed E-state index contributed by atoms with van der Waals surface area (Å²) in [6.45, 7) is 0. The van der Waals surface area contributed by atoms with Crippen LogP contribution in [0.25, 0.3) is 88.6 Å². The Morgan fingerprint density at radius 2 is 0.826 bits per heavy atom. The zero-order valence-electron chi connectivity index (χ0n) is 24.8. The first kappa shape index (κ1) is 26.2. The fourth-order valence-corrected chi connectivity index (χ4v) is 6.42. The predicted molar refractivity (Wildman–Crippen MR) is 189 cm³/mol. The Morgan fingerprint density at radius 3 is 1.50 bits per heavy atom. The molecule has 0 spiro atoms. The Kier molecular flexibility index (Phi) is 6.10. The zero-order chi connectivity index (χ0) is 30.5. The fraction of sp³-hybridized carbons (Fsp3) is 0. The molecule has 0 atom stereocenters. The Bertz CT molecular complexity index is 2520. The molecule has 2 aromatic heterocycles. The number of benzene rings is 7. The molecule has 0 aliphatic rings. The average molecular weight is 587 g/mol. The van der Waals surface area contributed by atoms with Crippen LogP contribution in [0.15, 0.2) is 158 Å². The number of nitrogens with zero attached hydrogens (tertiary/aromatic N) is 4. The number of hydrogen-bond donors (Lipinski definition) is 0. The van der Waals surface area contributed by atoms with Gasteiger partial charge in [-0.3, -0.25) is 0 Å². The minimum absolute atomic E-state index is 0.621. The van der Waals surface area contributed by atoms with E-state index in [1.54, 1.807) is 0 Å². The summed E-state index contributed by atoms with van der Waals surface area (Å²) < 4.78 is 0. The highest BCUT2D eigenvalue weighted by Crippen LogP contribution is 2.39. The molecule has 0 N–H and O–H groups in total. The summed E-state index contributed by atoms with van der Waals surface area (Å²) in [6.07, 6.45) is 0. The molecule has 4 nitrogen and oxygen atoms in total. The van der Waals surface area contributed by atoms with Crippen molar-refractivity contribution in [2.24, 2.45) is 0 Å². The zero-order valence-corrected chi connectivity index (χ0v) is 24.8. The summed E-state index contributed by atoms with van der Waals surface area (Å²) in [6, 6.07) is 54.6. The fourth-order valence-electron chi connectivity index (χ4n) is 6.42. The van der Waals surface area contributed by atoms with Crippen LogP contribution in [0.3, 0.4) is 0 Å². The summed E-state index contributed by atoms with van der Waals surface area (Å²) in [4.78, 5) is 20.2. The molecule has 0 saturated carbocycles. The lowest BCUT2D eigenvalue weighted by Gasteiger charge is -2.14. The van der Waals surface area contributed by atoms with Gasteiger partial charge in [0.2, 0.25) is 0 Å². The standard InChI is InChI=1S/C42H26N4/c1-3-13-28(14-4-1)40-44-41(29-15-5-2-6-16-29)46-42(45-40)33-20-11-19-32(24-33)39-36-26-31-18-8-7-17-30(31)25-35(36)38-34-21-10-9-12-27(34)22-23-37(38)43-39/h1-26H. The summed E-state index contributed by atoms with van der Waals surface area (Å²) in [5, 5.41) is 8.30. The van der Waals surface area contributed by atoms with Gasteiger partial charge < -0.3 is 0 Å². The second-order valence-corrected chi connectivity index (χ2v) is 11.5. The van der Waals surface area contributed by atoms with Gasteiger partial charge >= 0.3 is 0 Å². The van der Waals surface area contributed by atoms with E-state index in [2.05, 4.69) is 97.1 Å². The minimum Gasteiger partial charge on any atom is -0.247 e. The average Bonchev–Trinajstić information content (AvgIpc) is 3.14. The number of pyridine rings is 1. The van der Waals surface area contributed by atoms with E-state index in [9.17, 15) is 0 Å². The van der Waals surface area contributed by atoms with Crippen LogP contribution >= 0.6 is 0 Å². The van der Waals surface area contributed by atoms with E-state index in [0.717, 1.165) is 38.9 Å². The van der Waals surface area contributed by atoms with Gasteiger partial charge in [0.15, 0.2) is 17.5 Å². The van der Waals surface area contributed by atoms with Crippen LogP contribution in [0.4, 0.5) is 0 Å². The van der Waals surface area contributed by atoms with E-state index < -0.39 is 0 Å². The topological polar surface area (TPSA) is 51.6 Å². The smallest absolute Gasteiger partial charge is 0.164 e. The van der Waals surface area contributed by atoms with Crippen LogP contribution in [0.5, 0.6) is 0 Å². The van der Waals surface area contributed by atoms with Crippen LogP contribution in [0, 0.1) is 0 Å². The van der Waals surface area contributed by atoms with Gasteiger partial charge in [0.05, 0.1) is 11.2 Å². The van der Waals surface area contributed by atoms with E-state index in [4.69, 9.17) is 19.9 Å². The Labute approximate surface area is 265 Å². The van der Waals surface area contributed by atoms with Crippen LogP contribution in [0.1, 0.15) is 0 Å². The van der Waals surface area contributed by atoms with Crippen molar-refractivity contribution in [3.05, 3.63) is 158 Å². The maximum absolute atomic E-state index is 5.34. The van der Waals surface area contributed by atoms with Crippen LogP contribution in [-0.4, -0.2) is 19.9 Å². The number of rotatable bonds is 4. The van der Waals surface area contributed by atoms with Gasteiger partial charge in [-0.05, 0) is 51.2 Å². The summed E-state index contributed by atoms with van der Waals surface area (Å²) >= 11 is 0. The Hall–Kier alpha value is -6.26. The molecule has 7 aromatic carbocycles. The third kappa shape index (κ3) is 4.47. The van der Waals surface area contributed by atoms with Crippen molar-refractivity contribution in [3.63, 3.8) is 0 Å². The molecule has 0 aliphatic heterocycles. The normalized spacial score (nSPS) is 11.5. The van der Waals surface area contributed by atoms with E-state index >= 15 is 0 Å². The lowest BCUT2D eigenvalue weighted by atomic mass is 9.93. The van der Waals surface area contributed by atoms with Crippen molar-refractivity contribution in [3.8, 4) is 45.4 Å². The third-order valence-electron chi connectivity index (χ3n) is 8.64. The van der Waals surface area contributed by atoms with Gasteiger partial charge in [-0.25, -0.2) is 19.9 Å². The monoisotopic (exact) mass is 586 g/mol. The molecule has 0 aliphatic carbocycles. The van der Waals surface area contributed by atoms with Crippen molar-refractivity contribution >= 4 is 43.2 Å². The van der Waals surface area contributed by atoms with E-state index in [1.807, 2.05) is 60.7 Å². The second kappa shape index (κ2) is 10.7. The van der Waals surface area contributed by atoms with Crippen molar-refractivity contribution < 1.29 is 0 Å². The SMILES string of the molecule is c1ccc(-c2nc(-c3ccccc3)nc(-c3cccc(-c4nc5ccc6ccccc6c5c5cc6ccccc6cc45)c3)n2)cc1. The first-order chi connectivity index (χ1) is 22.8. The molecule has 9 aromatic rings. The molecule has 46 heavy (non-hydrogen) atoms. The van der Waals surface area contributed by atoms with Gasteiger partial charge in [0.25, 0.3) is 0 Å². The second-order valence-electron chi connectivity index (χ2n) is 11.5. The molecule has 0 unspecified atom stereocenters. The lowest BCUT2D eigenvalue weighted by Crippen LogP contribution is -2.00. The van der Waals surface area contributed by atoms with E-state index in [0.29, 0.717) is 17.5 Å². The van der Waals surface area contributed by atoms with Crippen molar-refractivity contribution in [1.82, 2.24) is 19.9 Å². The highest BCUT2D eigenvalue weighted by atomic mass is 15.0. The van der Waals surface area contributed by atoms with Crippen molar-refractivity contribution in [1.29, 1.82) is 0 Å². The molecule has 0 radical (unpaired) electrons. The van der Waals surface area contributed by atoms with Gasteiger partial charge in [-0.2, -0.15) is 0 Å². The van der Waals surface area contributed by atoms with Crippen LogP contribution in [0.2, 0.25) is 0 Å². The summed E-state index contributed by atoms with van der Waals surface area (Å²) in [7, 11) is 0. The molecule has 0 bridgehead atoms. The Morgan fingerprint density at radius 1 is 0.304 bits per heavy atom.